The summed E-state index contributed by atoms with van der Waals surface area (Å²) in [5, 5.41) is 24.0. The second kappa shape index (κ2) is 7.72. The van der Waals surface area contributed by atoms with Gasteiger partial charge in [0.15, 0.2) is 5.82 Å². The molecule has 1 aromatic carbocycles. The number of aromatic nitrogens is 3. The Morgan fingerprint density at radius 2 is 2.23 bits per heavy atom. The van der Waals surface area contributed by atoms with Crippen LogP contribution in [0.1, 0.15) is 0 Å². The summed E-state index contributed by atoms with van der Waals surface area (Å²) in [6, 6.07) is 7.74. The highest BCUT2D eigenvalue weighted by molar-refractivity contribution is 7.99. The number of carbonyl (C=O) groups excluding carboxylic acids is 1. The standard InChI is InChI=1S/C14H11ClN6O3S2/c15-8-3-4-9(10(6-8)21(23)24)17-12(22)7-26-14-19-18-13(20(14)16)11-2-1-5-25-11/h1-6H,7,16H2,(H,17,22). The predicted octanol–water partition coefficient (Wildman–Crippen LogP) is 3.01. The minimum Gasteiger partial charge on any atom is -0.335 e. The van der Waals surface area contributed by atoms with Gasteiger partial charge in [0.25, 0.3) is 5.69 Å². The number of nitro benzene ring substituents is 1. The first-order valence-electron chi connectivity index (χ1n) is 7.06. The van der Waals surface area contributed by atoms with Crippen LogP contribution in [0.15, 0.2) is 40.9 Å². The Hall–Kier alpha value is -2.63. The predicted molar refractivity (Wildman–Crippen MR) is 101 cm³/mol. The van der Waals surface area contributed by atoms with E-state index in [0.29, 0.717) is 11.0 Å². The normalized spacial score (nSPS) is 10.7. The van der Waals surface area contributed by atoms with Gasteiger partial charge in [-0.15, -0.1) is 21.5 Å². The molecule has 3 aromatic rings. The topological polar surface area (TPSA) is 129 Å². The van der Waals surface area contributed by atoms with E-state index in [1.807, 2.05) is 17.5 Å². The van der Waals surface area contributed by atoms with E-state index < -0.39 is 10.8 Å². The maximum absolute atomic E-state index is 12.1. The molecule has 9 nitrogen and oxygen atoms in total. The summed E-state index contributed by atoms with van der Waals surface area (Å²) < 4.78 is 1.30. The molecular formula is C14H11ClN6O3S2. The Morgan fingerprint density at radius 3 is 2.92 bits per heavy atom. The molecule has 12 heteroatoms. The van der Waals surface area contributed by atoms with E-state index in [4.69, 9.17) is 17.4 Å². The summed E-state index contributed by atoms with van der Waals surface area (Å²) in [4.78, 5) is 23.4. The summed E-state index contributed by atoms with van der Waals surface area (Å²) in [6.07, 6.45) is 0. The number of amides is 1. The number of carbonyl (C=O) groups is 1. The lowest BCUT2D eigenvalue weighted by Gasteiger charge is -2.06. The van der Waals surface area contributed by atoms with Gasteiger partial charge in [-0.2, -0.15) is 0 Å². The average Bonchev–Trinajstić information content (AvgIpc) is 3.24. The molecule has 2 aromatic heterocycles. The van der Waals surface area contributed by atoms with Crippen LogP contribution < -0.4 is 11.2 Å². The monoisotopic (exact) mass is 410 g/mol. The highest BCUT2D eigenvalue weighted by Gasteiger charge is 2.18. The van der Waals surface area contributed by atoms with Crippen molar-refractivity contribution in [1.82, 2.24) is 14.9 Å². The minimum atomic E-state index is -0.613. The van der Waals surface area contributed by atoms with Gasteiger partial charge in [0.2, 0.25) is 11.1 Å². The van der Waals surface area contributed by atoms with E-state index in [2.05, 4.69) is 15.5 Å². The lowest BCUT2D eigenvalue weighted by molar-refractivity contribution is -0.383. The number of hydrogen-bond acceptors (Lipinski definition) is 8. The van der Waals surface area contributed by atoms with Crippen LogP contribution in [0.25, 0.3) is 10.7 Å². The third-order valence-corrected chi connectivity index (χ3v) is 5.21. The number of halogens is 1. The molecule has 134 valence electrons. The maximum atomic E-state index is 12.1. The average molecular weight is 411 g/mol. The van der Waals surface area contributed by atoms with Crippen molar-refractivity contribution in [3.8, 4) is 10.7 Å². The van der Waals surface area contributed by atoms with Crippen LogP contribution in [0.3, 0.4) is 0 Å². The molecule has 0 saturated heterocycles. The zero-order valence-electron chi connectivity index (χ0n) is 13.0. The fourth-order valence-electron chi connectivity index (χ4n) is 2.03. The van der Waals surface area contributed by atoms with Gasteiger partial charge in [0.1, 0.15) is 5.69 Å². The molecule has 0 saturated carbocycles. The van der Waals surface area contributed by atoms with E-state index in [9.17, 15) is 14.9 Å². The lowest BCUT2D eigenvalue weighted by atomic mass is 10.2. The maximum Gasteiger partial charge on any atom is 0.294 e. The first kappa shape index (κ1) is 18.2. The van der Waals surface area contributed by atoms with Crippen molar-refractivity contribution >= 4 is 52.0 Å². The first-order valence-corrected chi connectivity index (χ1v) is 9.31. The van der Waals surface area contributed by atoms with Crippen molar-refractivity contribution in [2.24, 2.45) is 0 Å². The quantitative estimate of drug-likeness (QED) is 0.276. The van der Waals surface area contributed by atoms with Gasteiger partial charge >= 0.3 is 0 Å². The summed E-state index contributed by atoms with van der Waals surface area (Å²) in [5.41, 5.74) is -0.212. The number of nitro groups is 1. The van der Waals surface area contributed by atoms with Crippen LogP contribution in [0.4, 0.5) is 11.4 Å². The van der Waals surface area contributed by atoms with Gasteiger partial charge in [-0.3, -0.25) is 14.9 Å². The van der Waals surface area contributed by atoms with Crippen LogP contribution in [-0.2, 0) is 4.79 Å². The lowest BCUT2D eigenvalue weighted by Crippen LogP contribution is -2.17. The zero-order valence-corrected chi connectivity index (χ0v) is 15.3. The Bertz CT molecular complexity index is 960. The Morgan fingerprint density at radius 1 is 1.42 bits per heavy atom. The number of nitrogen functional groups attached to an aromatic ring is 1. The molecule has 0 spiro atoms. The van der Waals surface area contributed by atoms with Gasteiger partial charge in [0, 0.05) is 11.1 Å². The van der Waals surface area contributed by atoms with E-state index in [0.717, 1.165) is 16.6 Å². The van der Waals surface area contributed by atoms with Gasteiger partial charge in [0.05, 0.1) is 15.6 Å². The number of rotatable bonds is 6. The molecule has 0 atom stereocenters. The van der Waals surface area contributed by atoms with Crippen LogP contribution in [0.5, 0.6) is 0 Å². The summed E-state index contributed by atoms with van der Waals surface area (Å²) in [7, 11) is 0. The molecule has 3 N–H and O–H groups in total. The third-order valence-electron chi connectivity index (χ3n) is 3.17. The van der Waals surface area contributed by atoms with Crippen LogP contribution in [0, 0.1) is 10.1 Å². The van der Waals surface area contributed by atoms with E-state index >= 15 is 0 Å². The van der Waals surface area contributed by atoms with Crippen molar-refractivity contribution in [2.75, 3.05) is 16.9 Å². The van der Waals surface area contributed by atoms with Crippen LogP contribution in [0.2, 0.25) is 5.02 Å². The largest absolute Gasteiger partial charge is 0.335 e. The van der Waals surface area contributed by atoms with E-state index in [-0.39, 0.29) is 22.2 Å². The molecule has 0 radical (unpaired) electrons. The SMILES string of the molecule is Nn1c(SCC(=O)Nc2ccc(Cl)cc2[N+](=O)[O-])nnc1-c1cccs1. The Kier molecular flexibility index (Phi) is 5.40. The molecule has 0 bridgehead atoms. The molecule has 0 fully saturated rings. The number of thioether (sulfide) groups is 1. The number of nitrogens with zero attached hydrogens (tertiary/aromatic N) is 4. The van der Waals surface area contributed by atoms with Gasteiger partial charge in [-0.25, -0.2) is 4.68 Å². The minimum absolute atomic E-state index is 0.0421. The molecule has 0 aliphatic carbocycles. The van der Waals surface area contributed by atoms with Crippen molar-refractivity contribution < 1.29 is 9.72 Å². The molecule has 3 rings (SSSR count). The third kappa shape index (κ3) is 3.95. The fourth-order valence-corrected chi connectivity index (χ4v) is 3.56. The van der Waals surface area contributed by atoms with E-state index in [1.165, 1.54) is 34.2 Å². The molecule has 1 amide bonds. The fraction of sp³-hybridized carbons (Fsp3) is 0.0714. The van der Waals surface area contributed by atoms with Crippen molar-refractivity contribution in [3.05, 3.63) is 50.8 Å². The zero-order chi connectivity index (χ0) is 18.7. The number of nitrogens with one attached hydrogen (secondary N) is 1. The highest BCUT2D eigenvalue weighted by Crippen LogP contribution is 2.28. The van der Waals surface area contributed by atoms with Crippen molar-refractivity contribution in [3.63, 3.8) is 0 Å². The molecule has 0 aliphatic rings. The molecule has 2 heterocycles. The molecule has 26 heavy (non-hydrogen) atoms. The van der Waals surface area contributed by atoms with Gasteiger partial charge in [-0.1, -0.05) is 29.4 Å². The van der Waals surface area contributed by atoms with Crippen molar-refractivity contribution in [1.29, 1.82) is 0 Å². The number of thiophene rings is 1. The Labute approximate surface area is 160 Å². The highest BCUT2D eigenvalue weighted by atomic mass is 35.5. The second-order valence-electron chi connectivity index (χ2n) is 4.91. The number of hydrogen-bond donors (Lipinski definition) is 2. The van der Waals surface area contributed by atoms with Crippen LogP contribution in [-0.4, -0.2) is 31.5 Å². The smallest absolute Gasteiger partial charge is 0.294 e. The summed E-state index contributed by atoms with van der Waals surface area (Å²) in [5.74, 6) is 5.97. The molecule has 0 unspecified atom stereocenters. The molecular weight excluding hydrogens is 400 g/mol. The van der Waals surface area contributed by atoms with Gasteiger partial charge in [-0.05, 0) is 23.6 Å². The van der Waals surface area contributed by atoms with Crippen LogP contribution >= 0.6 is 34.7 Å². The number of nitrogens with two attached hydrogens (primary N) is 1. The first-order chi connectivity index (χ1) is 12.5. The van der Waals surface area contributed by atoms with E-state index in [1.54, 1.807) is 0 Å². The second-order valence-corrected chi connectivity index (χ2v) is 7.24. The number of benzene rings is 1. The summed E-state index contributed by atoms with van der Waals surface area (Å²) >= 11 is 8.29. The Balaban J connectivity index is 1.66. The van der Waals surface area contributed by atoms with Crippen molar-refractivity contribution in [2.45, 2.75) is 5.16 Å². The number of anilines is 1. The van der Waals surface area contributed by atoms with Gasteiger partial charge < -0.3 is 11.2 Å². The summed E-state index contributed by atoms with van der Waals surface area (Å²) in [6.45, 7) is 0. The molecule has 0 aliphatic heterocycles.